The second-order valence-corrected chi connectivity index (χ2v) is 7.19. The van der Waals surface area contributed by atoms with Gasteiger partial charge in [-0.2, -0.15) is 0 Å². The average Bonchev–Trinajstić information content (AvgIpc) is 2.85. The van der Waals surface area contributed by atoms with E-state index in [4.69, 9.17) is 22.8 Å². The molecular weight excluding hydrogens is 296 g/mol. The van der Waals surface area contributed by atoms with E-state index >= 15 is 0 Å². The van der Waals surface area contributed by atoms with E-state index in [2.05, 4.69) is 4.74 Å². The van der Waals surface area contributed by atoms with Crippen LogP contribution in [0.15, 0.2) is 0 Å². The van der Waals surface area contributed by atoms with Crippen molar-refractivity contribution in [3.63, 3.8) is 0 Å². The summed E-state index contributed by atoms with van der Waals surface area (Å²) in [7, 11) is -2.58. The summed E-state index contributed by atoms with van der Waals surface area (Å²) in [5, 5.41) is 0. The molecule has 0 N–H and O–H groups in total. The van der Waals surface area contributed by atoms with Crippen LogP contribution in [0.2, 0.25) is 6.04 Å². The van der Waals surface area contributed by atoms with Gasteiger partial charge in [-0.3, -0.25) is 0 Å². The van der Waals surface area contributed by atoms with E-state index in [-0.39, 0.29) is 12.7 Å². The zero-order valence-electron chi connectivity index (χ0n) is 13.1. The Labute approximate surface area is 127 Å². The summed E-state index contributed by atoms with van der Waals surface area (Å²) in [5.41, 5.74) is 0. The Hall–Kier alpha value is -0.673. The molecule has 1 unspecified atom stereocenters. The van der Waals surface area contributed by atoms with E-state index in [0.29, 0.717) is 39.1 Å². The van der Waals surface area contributed by atoms with Crippen molar-refractivity contribution in [2.75, 3.05) is 39.6 Å². The van der Waals surface area contributed by atoms with Crippen molar-refractivity contribution in [1.29, 1.82) is 0 Å². The van der Waals surface area contributed by atoms with Crippen LogP contribution >= 0.6 is 0 Å². The third kappa shape index (κ3) is 6.75. The molecule has 0 aliphatic carbocycles. The van der Waals surface area contributed by atoms with Gasteiger partial charge in [0.05, 0.1) is 6.61 Å². The number of carbonyl (C=O) groups excluding carboxylic acids is 1. The van der Waals surface area contributed by atoms with E-state index in [1.165, 1.54) is 0 Å². The van der Waals surface area contributed by atoms with Crippen molar-refractivity contribution in [3.05, 3.63) is 0 Å². The highest BCUT2D eigenvalue weighted by molar-refractivity contribution is 6.60. The number of hydrogen-bond acceptors (Lipinski definition) is 7. The Bertz CT molecular complexity index is 283. The van der Waals surface area contributed by atoms with Crippen LogP contribution in [0.5, 0.6) is 0 Å². The molecule has 0 aromatic rings. The van der Waals surface area contributed by atoms with Crippen molar-refractivity contribution < 1.29 is 32.3 Å². The predicted molar refractivity (Wildman–Crippen MR) is 77.1 cm³/mol. The van der Waals surface area contributed by atoms with E-state index in [1.807, 2.05) is 20.8 Å². The maximum atomic E-state index is 10.7. The zero-order chi connectivity index (χ0) is 15.6. The highest BCUT2D eigenvalue weighted by Gasteiger charge is 2.39. The van der Waals surface area contributed by atoms with Crippen LogP contribution < -0.4 is 0 Å². The zero-order valence-corrected chi connectivity index (χ0v) is 14.1. The van der Waals surface area contributed by atoms with E-state index in [9.17, 15) is 4.79 Å². The summed E-state index contributed by atoms with van der Waals surface area (Å²) in [6.45, 7) is 8.66. The number of carbonyl (C=O) groups is 1. The molecule has 8 heteroatoms. The van der Waals surface area contributed by atoms with Crippen molar-refractivity contribution in [2.24, 2.45) is 0 Å². The third-order valence-corrected chi connectivity index (χ3v) is 5.97. The lowest BCUT2D eigenvalue weighted by Crippen LogP contribution is -2.46. The monoisotopic (exact) mass is 322 g/mol. The molecule has 0 saturated carbocycles. The molecule has 0 aromatic heterocycles. The maximum Gasteiger partial charge on any atom is 0.508 e. The first-order valence-corrected chi connectivity index (χ1v) is 9.42. The van der Waals surface area contributed by atoms with Crippen LogP contribution in [-0.4, -0.2) is 60.7 Å². The number of ether oxygens (including phenoxy) is 3. The minimum Gasteiger partial charge on any atom is -0.430 e. The highest BCUT2D eigenvalue weighted by atomic mass is 28.4. The summed E-state index contributed by atoms with van der Waals surface area (Å²) in [6, 6.07) is 0.712. The molecular formula is C13H26O7Si. The molecule has 7 nitrogen and oxygen atoms in total. The maximum absolute atomic E-state index is 10.7. The second-order valence-electron chi connectivity index (χ2n) is 4.46. The van der Waals surface area contributed by atoms with Gasteiger partial charge in [0.1, 0.15) is 6.61 Å². The summed E-state index contributed by atoms with van der Waals surface area (Å²) >= 11 is 0. The number of rotatable bonds is 12. The van der Waals surface area contributed by atoms with Gasteiger partial charge in [0.15, 0.2) is 6.10 Å². The van der Waals surface area contributed by atoms with Crippen LogP contribution in [0, 0.1) is 0 Å². The molecule has 21 heavy (non-hydrogen) atoms. The fourth-order valence-electron chi connectivity index (χ4n) is 2.05. The van der Waals surface area contributed by atoms with Gasteiger partial charge in [-0.25, -0.2) is 4.79 Å². The fraction of sp³-hybridized carbons (Fsp3) is 0.923. The van der Waals surface area contributed by atoms with Gasteiger partial charge in [0.25, 0.3) is 0 Å². The van der Waals surface area contributed by atoms with Gasteiger partial charge in [-0.05, 0) is 27.2 Å². The highest BCUT2D eigenvalue weighted by Crippen LogP contribution is 2.18. The van der Waals surface area contributed by atoms with Gasteiger partial charge < -0.3 is 27.5 Å². The number of hydrogen-bond donors (Lipinski definition) is 0. The lowest BCUT2D eigenvalue weighted by atomic mass is 10.4. The van der Waals surface area contributed by atoms with E-state index in [1.54, 1.807) is 0 Å². The molecule has 1 fully saturated rings. The summed E-state index contributed by atoms with van der Waals surface area (Å²) in [6.07, 6.45) is -0.155. The Kier molecular flexibility index (Phi) is 8.86. The molecule has 1 saturated heterocycles. The van der Waals surface area contributed by atoms with Gasteiger partial charge >= 0.3 is 15.0 Å². The van der Waals surface area contributed by atoms with Crippen LogP contribution in [0.1, 0.15) is 27.2 Å². The quantitative estimate of drug-likeness (QED) is 0.309. The van der Waals surface area contributed by atoms with Crippen LogP contribution in [0.25, 0.3) is 0 Å². The molecule has 1 rings (SSSR count). The topological polar surface area (TPSA) is 72.5 Å². The van der Waals surface area contributed by atoms with Crippen LogP contribution in [0.3, 0.4) is 0 Å². The van der Waals surface area contributed by atoms with Gasteiger partial charge in [0.2, 0.25) is 0 Å². The fourth-order valence-corrected chi connectivity index (χ4v) is 4.63. The molecule has 0 aromatic carbocycles. The Morgan fingerprint density at radius 2 is 1.76 bits per heavy atom. The first-order chi connectivity index (χ1) is 10.2. The molecule has 1 atom stereocenters. The normalized spacial score (nSPS) is 18.6. The minimum absolute atomic E-state index is 0.258. The lowest BCUT2D eigenvalue weighted by Gasteiger charge is -2.28. The van der Waals surface area contributed by atoms with E-state index < -0.39 is 15.0 Å². The SMILES string of the molecule is CCO[Si](CCCOCC1COC(=O)O1)(OCC)OCC. The molecule has 0 radical (unpaired) electrons. The summed E-state index contributed by atoms with van der Waals surface area (Å²) < 4.78 is 32.3. The van der Waals surface area contributed by atoms with E-state index in [0.717, 1.165) is 6.42 Å². The lowest BCUT2D eigenvalue weighted by molar-refractivity contribution is 0.0406. The van der Waals surface area contributed by atoms with Gasteiger partial charge in [0, 0.05) is 32.5 Å². The Morgan fingerprint density at radius 1 is 1.14 bits per heavy atom. The van der Waals surface area contributed by atoms with Crippen molar-refractivity contribution in [3.8, 4) is 0 Å². The van der Waals surface area contributed by atoms with Crippen molar-refractivity contribution in [1.82, 2.24) is 0 Å². The standard InChI is InChI=1S/C13H26O7Si/c1-4-17-21(18-5-2,19-6-3)9-7-8-15-10-12-11-16-13(14)20-12/h12H,4-11H2,1-3H3. The smallest absolute Gasteiger partial charge is 0.430 e. The predicted octanol–water partition coefficient (Wildman–Crippen LogP) is 1.98. The molecule has 0 bridgehead atoms. The average molecular weight is 322 g/mol. The molecule has 1 heterocycles. The van der Waals surface area contributed by atoms with Crippen molar-refractivity contribution in [2.45, 2.75) is 39.3 Å². The van der Waals surface area contributed by atoms with Crippen molar-refractivity contribution >= 4 is 15.0 Å². The minimum atomic E-state index is -2.58. The van der Waals surface area contributed by atoms with Crippen LogP contribution in [-0.2, 0) is 27.5 Å². The Morgan fingerprint density at radius 3 is 2.24 bits per heavy atom. The first kappa shape index (κ1) is 18.4. The molecule has 1 aliphatic rings. The number of cyclic esters (lactones) is 2. The largest absolute Gasteiger partial charge is 0.508 e. The molecule has 0 spiro atoms. The Balaban J connectivity index is 2.23. The summed E-state index contributed by atoms with van der Waals surface area (Å²) in [5.74, 6) is 0. The molecule has 124 valence electrons. The molecule has 1 aliphatic heterocycles. The third-order valence-electron chi connectivity index (χ3n) is 2.82. The molecule has 0 amide bonds. The van der Waals surface area contributed by atoms with Gasteiger partial charge in [-0.1, -0.05) is 0 Å². The van der Waals surface area contributed by atoms with Gasteiger partial charge in [-0.15, -0.1) is 0 Å². The van der Waals surface area contributed by atoms with Crippen LogP contribution in [0.4, 0.5) is 4.79 Å². The second kappa shape index (κ2) is 10.1. The first-order valence-electron chi connectivity index (χ1n) is 7.48. The summed E-state index contributed by atoms with van der Waals surface area (Å²) in [4.78, 5) is 10.7.